The Labute approximate surface area is 56.1 Å². The van der Waals surface area contributed by atoms with Gasteiger partial charge in [0.25, 0.3) is 0 Å². The van der Waals surface area contributed by atoms with Crippen LogP contribution in [0.4, 0.5) is 4.39 Å². The molecule has 9 heavy (non-hydrogen) atoms. The molecule has 0 aliphatic carbocycles. The summed E-state index contributed by atoms with van der Waals surface area (Å²) in [6.07, 6.45) is 0.889. The Balaban J connectivity index is 2.80. The number of hydrogen-bond acceptors (Lipinski definition) is 2. The van der Waals surface area contributed by atoms with E-state index in [1.165, 1.54) is 0 Å². The van der Waals surface area contributed by atoms with E-state index in [1.54, 1.807) is 11.4 Å². The molecule has 0 saturated heterocycles. The molecule has 0 saturated carbocycles. The number of rotatable bonds is 2. The Bertz CT molecular complexity index is 207. The zero-order valence-electron chi connectivity index (χ0n) is 4.63. The highest BCUT2D eigenvalue weighted by Crippen LogP contribution is 2.13. The number of aldehydes is 1. The first-order valence-electron chi connectivity index (χ1n) is 2.50. The average molecular weight is 144 g/mol. The third-order valence-corrected chi connectivity index (χ3v) is 1.74. The predicted molar refractivity (Wildman–Crippen MR) is 34.0 cm³/mol. The normalized spacial score (nSPS) is 9.44. The first kappa shape index (κ1) is 6.42. The van der Waals surface area contributed by atoms with Crippen molar-refractivity contribution in [3.8, 4) is 0 Å². The van der Waals surface area contributed by atoms with Gasteiger partial charge < -0.3 is 4.79 Å². The van der Waals surface area contributed by atoms with E-state index in [4.69, 9.17) is 0 Å². The van der Waals surface area contributed by atoms with Crippen molar-refractivity contribution in [2.45, 2.75) is 6.42 Å². The second-order valence-corrected chi connectivity index (χ2v) is 2.46. The lowest BCUT2D eigenvalue weighted by Gasteiger charge is -1.83. The monoisotopic (exact) mass is 144 g/mol. The molecule has 48 valence electrons. The number of carbonyl (C=O) groups is 1. The van der Waals surface area contributed by atoms with E-state index < -0.39 is 0 Å². The Morgan fingerprint density at radius 1 is 1.78 bits per heavy atom. The topological polar surface area (TPSA) is 17.1 Å². The van der Waals surface area contributed by atoms with Gasteiger partial charge in [-0.3, -0.25) is 0 Å². The molecule has 1 aromatic heterocycles. The first-order chi connectivity index (χ1) is 4.34. The smallest absolute Gasteiger partial charge is 0.180 e. The molecule has 0 aromatic carbocycles. The Hall–Kier alpha value is -0.700. The van der Waals surface area contributed by atoms with Crippen LogP contribution in [-0.2, 0) is 11.2 Å². The number of carbonyl (C=O) groups excluding carboxylic acids is 1. The van der Waals surface area contributed by atoms with Gasteiger partial charge in [0.05, 0.1) is 0 Å². The maximum Gasteiger partial charge on any atom is 0.180 e. The lowest BCUT2D eigenvalue weighted by Crippen LogP contribution is -1.83. The highest BCUT2D eigenvalue weighted by Gasteiger charge is 1.99. The SMILES string of the molecule is O=CCc1ccsc1F. The Kier molecular flexibility index (Phi) is 1.95. The van der Waals surface area contributed by atoms with Crippen LogP contribution in [0.15, 0.2) is 11.4 Å². The van der Waals surface area contributed by atoms with Crippen molar-refractivity contribution in [2.75, 3.05) is 0 Å². The van der Waals surface area contributed by atoms with Crippen LogP contribution >= 0.6 is 11.3 Å². The molecule has 0 N–H and O–H groups in total. The number of thiophene rings is 1. The van der Waals surface area contributed by atoms with Crippen LogP contribution in [0.3, 0.4) is 0 Å². The standard InChI is InChI=1S/C6H5FOS/c7-6-5(1-3-8)2-4-9-6/h2-4H,1H2. The summed E-state index contributed by atoms with van der Waals surface area (Å²) in [5.41, 5.74) is 0.495. The van der Waals surface area contributed by atoms with Gasteiger partial charge in [-0.05, 0) is 11.4 Å². The molecule has 1 aromatic rings. The first-order valence-corrected chi connectivity index (χ1v) is 3.38. The summed E-state index contributed by atoms with van der Waals surface area (Å²) in [4.78, 5) is 9.86. The third kappa shape index (κ3) is 1.36. The molecular formula is C6H5FOS. The maximum atomic E-state index is 12.4. The van der Waals surface area contributed by atoms with Crippen LogP contribution in [0.25, 0.3) is 0 Å². The second kappa shape index (κ2) is 2.73. The van der Waals surface area contributed by atoms with Crippen LogP contribution in [0.2, 0.25) is 0 Å². The largest absolute Gasteiger partial charge is 0.303 e. The van der Waals surface area contributed by atoms with E-state index in [0.29, 0.717) is 11.8 Å². The summed E-state index contributed by atoms with van der Waals surface area (Å²) in [6.45, 7) is 0. The van der Waals surface area contributed by atoms with Crippen molar-refractivity contribution in [3.05, 3.63) is 22.1 Å². The van der Waals surface area contributed by atoms with Gasteiger partial charge in [0.1, 0.15) is 6.29 Å². The summed E-state index contributed by atoms with van der Waals surface area (Å²) in [5.74, 6) is 0. The molecule has 0 unspecified atom stereocenters. The van der Waals surface area contributed by atoms with E-state index in [9.17, 15) is 9.18 Å². The van der Waals surface area contributed by atoms with Crippen LogP contribution in [-0.4, -0.2) is 6.29 Å². The minimum atomic E-state index is -0.248. The minimum Gasteiger partial charge on any atom is -0.303 e. The minimum absolute atomic E-state index is 0.190. The molecule has 0 spiro atoms. The Morgan fingerprint density at radius 3 is 3.00 bits per heavy atom. The summed E-state index contributed by atoms with van der Waals surface area (Å²) in [6, 6.07) is 1.62. The molecule has 0 aliphatic rings. The van der Waals surface area contributed by atoms with Gasteiger partial charge in [-0.15, -0.1) is 11.3 Å². The van der Waals surface area contributed by atoms with E-state index in [-0.39, 0.29) is 11.6 Å². The molecule has 0 amide bonds. The highest BCUT2D eigenvalue weighted by atomic mass is 32.1. The predicted octanol–water partition coefficient (Wildman–Crippen LogP) is 1.63. The summed E-state index contributed by atoms with van der Waals surface area (Å²) in [7, 11) is 0. The van der Waals surface area contributed by atoms with Crippen LogP contribution < -0.4 is 0 Å². The highest BCUT2D eigenvalue weighted by molar-refractivity contribution is 7.08. The van der Waals surface area contributed by atoms with Crippen molar-refractivity contribution in [1.82, 2.24) is 0 Å². The van der Waals surface area contributed by atoms with Gasteiger partial charge in [0.2, 0.25) is 0 Å². The van der Waals surface area contributed by atoms with Gasteiger partial charge in [-0.2, -0.15) is 4.39 Å². The summed E-state index contributed by atoms with van der Waals surface area (Å²) >= 11 is 1.02. The fourth-order valence-corrected chi connectivity index (χ4v) is 1.21. The van der Waals surface area contributed by atoms with E-state index >= 15 is 0 Å². The summed E-state index contributed by atoms with van der Waals surface area (Å²) < 4.78 is 12.4. The van der Waals surface area contributed by atoms with Crippen molar-refractivity contribution in [3.63, 3.8) is 0 Å². The van der Waals surface area contributed by atoms with Crippen LogP contribution in [0.5, 0.6) is 0 Å². The van der Waals surface area contributed by atoms with Gasteiger partial charge >= 0.3 is 0 Å². The quantitative estimate of drug-likeness (QED) is 0.576. The fraction of sp³-hybridized carbons (Fsp3) is 0.167. The Morgan fingerprint density at radius 2 is 2.56 bits per heavy atom. The summed E-state index contributed by atoms with van der Waals surface area (Å²) in [5, 5.41) is 1.39. The second-order valence-electron chi connectivity index (χ2n) is 1.59. The molecule has 0 fully saturated rings. The zero-order valence-corrected chi connectivity index (χ0v) is 5.45. The van der Waals surface area contributed by atoms with Crippen molar-refractivity contribution in [1.29, 1.82) is 0 Å². The molecule has 3 heteroatoms. The molecular weight excluding hydrogens is 139 g/mol. The maximum absolute atomic E-state index is 12.4. The van der Waals surface area contributed by atoms with Crippen molar-refractivity contribution in [2.24, 2.45) is 0 Å². The third-order valence-electron chi connectivity index (χ3n) is 0.996. The molecule has 0 radical (unpaired) electrons. The van der Waals surface area contributed by atoms with Gasteiger partial charge in [-0.1, -0.05) is 0 Å². The average Bonchev–Trinajstić information content (AvgIpc) is 2.18. The van der Waals surface area contributed by atoms with E-state index in [0.717, 1.165) is 11.3 Å². The van der Waals surface area contributed by atoms with Crippen molar-refractivity contribution >= 4 is 17.6 Å². The molecule has 0 aliphatic heterocycles. The lowest BCUT2D eigenvalue weighted by atomic mass is 10.3. The van der Waals surface area contributed by atoms with Gasteiger partial charge in [0.15, 0.2) is 5.13 Å². The van der Waals surface area contributed by atoms with Gasteiger partial charge in [0, 0.05) is 12.0 Å². The number of hydrogen-bond donors (Lipinski definition) is 0. The molecule has 1 nitrogen and oxygen atoms in total. The fourth-order valence-electron chi connectivity index (χ4n) is 0.555. The van der Waals surface area contributed by atoms with Crippen LogP contribution in [0.1, 0.15) is 5.56 Å². The molecule has 0 atom stereocenters. The van der Waals surface area contributed by atoms with Crippen molar-refractivity contribution < 1.29 is 9.18 Å². The molecule has 1 heterocycles. The zero-order chi connectivity index (χ0) is 6.69. The van der Waals surface area contributed by atoms with E-state index in [1.807, 2.05) is 0 Å². The van der Waals surface area contributed by atoms with Gasteiger partial charge in [-0.25, -0.2) is 0 Å². The van der Waals surface area contributed by atoms with Crippen LogP contribution in [0, 0.1) is 5.13 Å². The van der Waals surface area contributed by atoms with E-state index in [2.05, 4.69) is 0 Å². The molecule has 0 bridgehead atoms. The lowest BCUT2D eigenvalue weighted by molar-refractivity contribution is -0.107. The molecule has 1 rings (SSSR count). The number of halogens is 1.